The van der Waals surface area contributed by atoms with E-state index in [0.717, 1.165) is 10.7 Å². The number of carbonyl (C=O) groups excluding carboxylic acids is 1. The lowest BCUT2D eigenvalue weighted by Crippen LogP contribution is -2.44. The van der Waals surface area contributed by atoms with Gasteiger partial charge < -0.3 is 14.7 Å². The summed E-state index contributed by atoms with van der Waals surface area (Å²) in [5, 5.41) is 12.1. The lowest BCUT2D eigenvalue weighted by atomic mass is 10.0. The molecule has 2 atom stereocenters. The van der Waals surface area contributed by atoms with E-state index in [4.69, 9.17) is 9.84 Å². The van der Waals surface area contributed by atoms with Crippen LogP contribution >= 0.6 is 23.1 Å². The van der Waals surface area contributed by atoms with Gasteiger partial charge >= 0.3 is 5.97 Å². The fourth-order valence-corrected chi connectivity index (χ4v) is 3.72. The van der Waals surface area contributed by atoms with E-state index in [2.05, 4.69) is 4.98 Å². The van der Waals surface area contributed by atoms with Crippen molar-refractivity contribution < 1.29 is 19.4 Å². The molecule has 1 aliphatic rings. The van der Waals surface area contributed by atoms with E-state index >= 15 is 0 Å². The number of rotatable bonds is 6. The summed E-state index contributed by atoms with van der Waals surface area (Å²) in [6, 6.07) is -0.378. The molecule has 0 radical (unpaired) electrons. The summed E-state index contributed by atoms with van der Waals surface area (Å²) in [5.41, 5.74) is 0.977. The van der Waals surface area contributed by atoms with Gasteiger partial charge in [0.1, 0.15) is 5.92 Å². The highest BCUT2D eigenvalue weighted by Crippen LogP contribution is 2.21. The second-order valence-electron chi connectivity index (χ2n) is 4.90. The lowest BCUT2D eigenvalue weighted by Gasteiger charge is -2.26. The Morgan fingerprint density at radius 2 is 2.33 bits per heavy atom. The standard InChI is InChI=1S/C13H18N2O4S2/c1-8-14-9(6-21-8)5-20-7-12(16)15(2)11-4-19-3-10(11)13(17)18/h6,10-11H,3-5,7H2,1-2H3,(H,17,18). The van der Waals surface area contributed by atoms with E-state index in [9.17, 15) is 9.59 Å². The summed E-state index contributed by atoms with van der Waals surface area (Å²) in [5.74, 6) is -0.620. The molecular formula is C13H18N2O4S2. The highest BCUT2D eigenvalue weighted by molar-refractivity contribution is 7.99. The summed E-state index contributed by atoms with van der Waals surface area (Å²) in [7, 11) is 1.64. The first kappa shape index (κ1) is 16.3. The van der Waals surface area contributed by atoms with Gasteiger partial charge in [0.2, 0.25) is 5.91 Å². The highest BCUT2D eigenvalue weighted by atomic mass is 32.2. The summed E-state index contributed by atoms with van der Waals surface area (Å²) >= 11 is 3.08. The van der Waals surface area contributed by atoms with Crippen LogP contribution in [0, 0.1) is 12.8 Å². The number of carboxylic acids is 1. The van der Waals surface area contributed by atoms with Crippen LogP contribution in [0.15, 0.2) is 5.38 Å². The number of amides is 1. The molecule has 1 aliphatic heterocycles. The second kappa shape index (κ2) is 7.24. The maximum Gasteiger partial charge on any atom is 0.311 e. The summed E-state index contributed by atoms with van der Waals surface area (Å²) in [6.45, 7) is 2.40. The van der Waals surface area contributed by atoms with Crippen molar-refractivity contribution in [1.29, 1.82) is 0 Å². The van der Waals surface area contributed by atoms with Crippen LogP contribution in [0.4, 0.5) is 0 Å². The van der Waals surface area contributed by atoms with Gasteiger partial charge in [-0.05, 0) is 6.92 Å². The topological polar surface area (TPSA) is 79.7 Å². The maximum atomic E-state index is 12.1. The molecule has 116 valence electrons. The summed E-state index contributed by atoms with van der Waals surface area (Å²) in [6.07, 6.45) is 0. The number of thiazole rings is 1. The van der Waals surface area contributed by atoms with Gasteiger partial charge in [0.25, 0.3) is 0 Å². The van der Waals surface area contributed by atoms with E-state index < -0.39 is 11.9 Å². The molecule has 0 bridgehead atoms. The number of ether oxygens (including phenoxy) is 1. The third kappa shape index (κ3) is 4.18. The van der Waals surface area contributed by atoms with Crippen LogP contribution in [-0.2, 0) is 20.1 Å². The quantitative estimate of drug-likeness (QED) is 0.845. The number of aromatic nitrogens is 1. The normalized spacial score (nSPS) is 21.4. The Bertz CT molecular complexity index is 520. The zero-order valence-corrected chi connectivity index (χ0v) is 13.6. The zero-order chi connectivity index (χ0) is 15.4. The van der Waals surface area contributed by atoms with Gasteiger partial charge in [0.05, 0.1) is 35.7 Å². The first-order valence-electron chi connectivity index (χ1n) is 6.54. The van der Waals surface area contributed by atoms with Crippen LogP contribution < -0.4 is 0 Å². The molecule has 2 unspecified atom stereocenters. The van der Waals surface area contributed by atoms with E-state index in [1.54, 1.807) is 18.4 Å². The Balaban J connectivity index is 1.81. The molecule has 1 amide bonds. The van der Waals surface area contributed by atoms with Gasteiger partial charge in [-0.25, -0.2) is 4.98 Å². The van der Waals surface area contributed by atoms with Gasteiger partial charge in [-0.2, -0.15) is 0 Å². The summed E-state index contributed by atoms with van der Waals surface area (Å²) < 4.78 is 5.19. The number of aryl methyl sites for hydroxylation is 1. The monoisotopic (exact) mass is 330 g/mol. The van der Waals surface area contributed by atoms with E-state index in [1.165, 1.54) is 16.7 Å². The van der Waals surface area contributed by atoms with Crippen LogP contribution in [0.5, 0.6) is 0 Å². The lowest BCUT2D eigenvalue weighted by molar-refractivity contribution is -0.144. The Hall–Kier alpha value is -1.12. The molecule has 0 saturated carbocycles. The van der Waals surface area contributed by atoms with Crippen molar-refractivity contribution in [2.75, 3.05) is 26.0 Å². The summed E-state index contributed by atoms with van der Waals surface area (Å²) in [4.78, 5) is 29.1. The smallest absolute Gasteiger partial charge is 0.311 e. The fraction of sp³-hybridized carbons (Fsp3) is 0.615. The molecule has 1 aromatic heterocycles. The largest absolute Gasteiger partial charge is 0.481 e. The molecule has 6 nitrogen and oxygen atoms in total. The Labute approximate surface area is 131 Å². The van der Waals surface area contributed by atoms with Gasteiger partial charge in [-0.3, -0.25) is 9.59 Å². The van der Waals surface area contributed by atoms with Crippen LogP contribution in [0.25, 0.3) is 0 Å². The Morgan fingerprint density at radius 3 is 2.95 bits per heavy atom. The van der Waals surface area contributed by atoms with Crippen LogP contribution in [0.2, 0.25) is 0 Å². The van der Waals surface area contributed by atoms with E-state index in [0.29, 0.717) is 11.5 Å². The van der Waals surface area contributed by atoms with Crippen LogP contribution in [-0.4, -0.2) is 58.9 Å². The van der Waals surface area contributed by atoms with Crippen molar-refractivity contribution in [2.45, 2.75) is 18.7 Å². The second-order valence-corrected chi connectivity index (χ2v) is 6.95. The number of aliphatic carboxylic acids is 1. The van der Waals surface area contributed by atoms with E-state index in [1.807, 2.05) is 12.3 Å². The number of thioether (sulfide) groups is 1. The average molecular weight is 330 g/mol. The molecule has 1 saturated heterocycles. The molecule has 8 heteroatoms. The van der Waals surface area contributed by atoms with Crippen LogP contribution in [0.3, 0.4) is 0 Å². The molecule has 1 fully saturated rings. The van der Waals surface area contributed by atoms with Crippen LogP contribution in [0.1, 0.15) is 10.7 Å². The minimum absolute atomic E-state index is 0.0753. The molecule has 0 aromatic carbocycles. The predicted molar refractivity (Wildman–Crippen MR) is 81.5 cm³/mol. The number of nitrogens with zero attached hydrogens (tertiary/aromatic N) is 2. The minimum atomic E-state index is -0.914. The Kier molecular flexibility index (Phi) is 5.60. The van der Waals surface area contributed by atoms with Crippen molar-refractivity contribution in [1.82, 2.24) is 9.88 Å². The van der Waals surface area contributed by atoms with Gasteiger partial charge in [0, 0.05) is 18.2 Å². The molecule has 1 aromatic rings. The molecule has 0 aliphatic carbocycles. The first-order valence-corrected chi connectivity index (χ1v) is 8.57. The van der Waals surface area contributed by atoms with Gasteiger partial charge in [0.15, 0.2) is 0 Å². The minimum Gasteiger partial charge on any atom is -0.481 e. The van der Waals surface area contributed by atoms with Crippen molar-refractivity contribution in [3.05, 3.63) is 16.1 Å². The van der Waals surface area contributed by atoms with E-state index in [-0.39, 0.29) is 25.2 Å². The number of hydrogen-bond acceptors (Lipinski definition) is 6. The Morgan fingerprint density at radius 1 is 1.57 bits per heavy atom. The highest BCUT2D eigenvalue weighted by Gasteiger charge is 2.38. The number of hydrogen-bond donors (Lipinski definition) is 1. The third-order valence-electron chi connectivity index (χ3n) is 3.40. The maximum absolute atomic E-state index is 12.1. The molecule has 2 heterocycles. The molecule has 0 spiro atoms. The number of carboxylic acid groups (broad SMARTS) is 1. The first-order chi connectivity index (χ1) is 9.99. The predicted octanol–water partition coefficient (Wildman–Crippen LogP) is 1.24. The third-order valence-corrected chi connectivity index (χ3v) is 5.17. The number of carbonyl (C=O) groups is 2. The molecule has 2 rings (SSSR count). The van der Waals surface area contributed by atoms with Gasteiger partial charge in [-0.15, -0.1) is 23.1 Å². The van der Waals surface area contributed by atoms with Crippen molar-refractivity contribution >= 4 is 35.0 Å². The number of likely N-dealkylation sites (N-methyl/N-ethyl adjacent to an activating group) is 1. The molecule has 21 heavy (non-hydrogen) atoms. The molecule has 1 N–H and O–H groups in total. The fourth-order valence-electron chi connectivity index (χ4n) is 2.16. The van der Waals surface area contributed by atoms with Crippen molar-refractivity contribution in [3.63, 3.8) is 0 Å². The SMILES string of the molecule is Cc1nc(CSCC(=O)N(C)C2COCC2C(=O)O)cs1. The van der Waals surface area contributed by atoms with Gasteiger partial charge in [-0.1, -0.05) is 0 Å². The zero-order valence-electron chi connectivity index (χ0n) is 11.9. The van der Waals surface area contributed by atoms with Crippen molar-refractivity contribution in [2.24, 2.45) is 5.92 Å². The van der Waals surface area contributed by atoms with Crippen molar-refractivity contribution in [3.8, 4) is 0 Å². The average Bonchev–Trinajstić information content (AvgIpc) is 3.06. The molecular weight excluding hydrogens is 312 g/mol.